The van der Waals surface area contributed by atoms with Crippen LogP contribution in [-0.4, -0.2) is 41.5 Å². The Morgan fingerprint density at radius 1 is 1.32 bits per heavy atom. The minimum absolute atomic E-state index is 0.0783. The van der Waals surface area contributed by atoms with Gasteiger partial charge in [-0.15, -0.1) is 0 Å². The number of imide groups is 1. The highest BCUT2D eigenvalue weighted by Gasteiger charge is 2.44. The predicted molar refractivity (Wildman–Crippen MR) is 78.8 cm³/mol. The third-order valence-corrected chi connectivity index (χ3v) is 5.34. The lowest BCUT2D eigenvalue weighted by atomic mass is 9.86. The van der Waals surface area contributed by atoms with Gasteiger partial charge < -0.3 is 10.1 Å². The normalized spacial score (nSPS) is 32.5. The van der Waals surface area contributed by atoms with Crippen LogP contribution in [-0.2, 0) is 14.3 Å². The quantitative estimate of drug-likeness (QED) is 0.619. The van der Waals surface area contributed by atoms with E-state index in [-0.39, 0.29) is 25.0 Å². The van der Waals surface area contributed by atoms with Crippen molar-refractivity contribution in [2.75, 3.05) is 13.2 Å². The van der Waals surface area contributed by atoms with Crippen LogP contribution in [0.5, 0.6) is 0 Å². The molecule has 0 spiro atoms. The second kappa shape index (κ2) is 5.56. The molecule has 3 aliphatic rings. The molecule has 2 saturated carbocycles. The number of nitrogens with zero attached hydrogens (tertiary/aromatic N) is 1. The second-order valence-corrected chi connectivity index (χ2v) is 7.37. The maximum absolute atomic E-state index is 12.0. The topological polar surface area (TPSA) is 75.7 Å². The molecule has 1 aliphatic heterocycles. The van der Waals surface area contributed by atoms with E-state index in [0.717, 1.165) is 17.2 Å². The van der Waals surface area contributed by atoms with Crippen LogP contribution < -0.4 is 5.32 Å². The van der Waals surface area contributed by atoms with Gasteiger partial charge >= 0.3 is 12.0 Å². The monoisotopic (exact) mass is 308 g/mol. The molecule has 122 valence electrons. The lowest BCUT2D eigenvalue weighted by molar-refractivity contribution is -0.146. The summed E-state index contributed by atoms with van der Waals surface area (Å²) in [4.78, 5) is 36.7. The van der Waals surface area contributed by atoms with Crippen molar-refractivity contribution in [3.05, 3.63) is 0 Å². The molecule has 3 fully saturated rings. The van der Waals surface area contributed by atoms with Crippen molar-refractivity contribution in [2.24, 2.45) is 17.8 Å². The summed E-state index contributed by atoms with van der Waals surface area (Å²) in [7, 11) is 0. The Morgan fingerprint density at radius 3 is 2.64 bits per heavy atom. The number of carbonyl (C=O) groups excluding carboxylic acids is 3. The smallest absolute Gasteiger partial charge is 0.325 e. The van der Waals surface area contributed by atoms with Gasteiger partial charge in [0, 0.05) is 6.42 Å². The number of nitrogens with one attached hydrogen (secondary N) is 1. The molecular formula is C16H24N2O4. The van der Waals surface area contributed by atoms with Gasteiger partial charge in [-0.25, -0.2) is 4.79 Å². The van der Waals surface area contributed by atoms with Gasteiger partial charge in [-0.05, 0) is 50.9 Å². The molecule has 6 heteroatoms. The molecule has 3 rings (SSSR count). The molecule has 22 heavy (non-hydrogen) atoms. The molecule has 2 bridgehead atoms. The maximum atomic E-state index is 12.0. The molecule has 1 heterocycles. The van der Waals surface area contributed by atoms with E-state index >= 15 is 0 Å². The average Bonchev–Trinajstić information content (AvgIpc) is 3.08. The van der Waals surface area contributed by atoms with Gasteiger partial charge in [0.1, 0.15) is 12.1 Å². The van der Waals surface area contributed by atoms with E-state index in [1.165, 1.54) is 19.3 Å². The Labute approximate surface area is 130 Å². The molecule has 0 aromatic carbocycles. The maximum Gasteiger partial charge on any atom is 0.325 e. The van der Waals surface area contributed by atoms with Crippen molar-refractivity contribution < 1.29 is 19.1 Å². The summed E-state index contributed by atoms with van der Waals surface area (Å²) in [5, 5.41) is 2.61. The van der Waals surface area contributed by atoms with Gasteiger partial charge in [0.2, 0.25) is 0 Å². The van der Waals surface area contributed by atoms with Crippen LogP contribution >= 0.6 is 0 Å². The third-order valence-electron chi connectivity index (χ3n) is 5.34. The van der Waals surface area contributed by atoms with E-state index in [1.54, 1.807) is 13.8 Å². The van der Waals surface area contributed by atoms with Crippen LogP contribution in [0, 0.1) is 17.8 Å². The van der Waals surface area contributed by atoms with Crippen molar-refractivity contribution >= 4 is 17.9 Å². The van der Waals surface area contributed by atoms with E-state index in [2.05, 4.69) is 5.32 Å². The highest BCUT2D eigenvalue weighted by atomic mass is 16.5. The number of ether oxygens (including phenoxy) is 1. The Hall–Kier alpha value is -1.59. The number of rotatable bonds is 5. The fourth-order valence-corrected chi connectivity index (χ4v) is 4.17. The summed E-state index contributed by atoms with van der Waals surface area (Å²) < 4.78 is 5.23. The fraction of sp³-hybridized carbons (Fsp3) is 0.812. The molecular weight excluding hydrogens is 284 g/mol. The Kier molecular flexibility index (Phi) is 3.87. The molecule has 0 unspecified atom stereocenters. The van der Waals surface area contributed by atoms with Gasteiger partial charge in [-0.2, -0.15) is 0 Å². The highest BCUT2D eigenvalue weighted by molar-refractivity contribution is 6.06. The van der Waals surface area contributed by atoms with Crippen LogP contribution in [0.3, 0.4) is 0 Å². The van der Waals surface area contributed by atoms with Crippen LogP contribution in [0.25, 0.3) is 0 Å². The zero-order valence-corrected chi connectivity index (χ0v) is 13.3. The summed E-state index contributed by atoms with van der Waals surface area (Å²) >= 11 is 0. The van der Waals surface area contributed by atoms with Crippen molar-refractivity contribution in [1.29, 1.82) is 0 Å². The van der Waals surface area contributed by atoms with Crippen LogP contribution in [0.1, 0.15) is 46.0 Å². The predicted octanol–water partition coefficient (Wildman–Crippen LogP) is 1.69. The largest absolute Gasteiger partial charge is 0.464 e. The number of esters is 1. The first-order valence-corrected chi connectivity index (χ1v) is 8.16. The highest BCUT2D eigenvalue weighted by Crippen LogP contribution is 2.49. The summed E-state index contributed by atoms with van der Waals surface area (Å²) in [6, 6.07) is -0.417. The molecule has 0 aromatic heterocycles. The zero-order chi connectivity index (χ0) is 15.9. The van der Waals surface area contributed by atoms with Crippen LogP contribution in [0.15, 0.2) is 0 Å². The Morgan fingerprint density at radius 2 is 2.09 bits per heavy atom. The summed E-state index contributed by atoms with van der Waals surface area (Å²) in [5.74, 6) is 1.51. The third kappa shape index (κ3) is 2.83. The average molecular weight is 308 g/mol. The Bertz CT molecular complexity index is 502. The first kappa shape index (κ1) is 15.3. The number of amides is 3. The van der Waals surface area contributed by atoms with Gasteiger partial charge in [-0.3, -0.25) is 14.5 Å². The minimum atomic E-state index is -0.871. The van der Waals surface area contributed by atoms with Gasteiger partial charge in [-0.1, -0.05) is 6.42 Å². The van der Waals surface area contributed by atoms with Gasteiger partial charge in [0.15, 0.2) is 0 Å². The number of fused-ring (bicyclic) bond motifs is 2. The molecule has 3 atom stereocenters. The van der Waals surface area contributed by atoms with E-state index in [1.807, 2.05) is 0 Å². The number of urea groups is 1. The molecule has 0 radical (unpaired) electrons. The molecule has 0 aromatic rings. The van der Waals surface area contributed by atoms with E-state index < -0.39 is 11.6 Å². The van der Waals surface area contributed by atoms with Crippen molar-refractivity contribution in [2.45, 2.75) is 51.5 Å². The number of carbonyl (C=O) groups is 3. The Balaban J connectivity index is 1.41. The van der Waals surface area contributed by atoms with Gasteiger partial charge in [0.05, 0.1) is 6.54 Å². The van der Waals surface area contributed by atoms with Crippen LogP contribution in [0.4, 0.5) is 4.79 Å². The van der Waals surface area contributed by atoms with Crippen molar-refractivity contribution in [3.63, 3.8) is 0 Å². The van der Waals surface area contributed by atoms with E-state index in [4.69, 9.17) is 4.74 Å². The summed E-state index contributed by atoms with van der Waals surface area (Å²) in [5.41, 5.74) is -0.871. The first-order chi connectivity index (χ1) is 10.4. The lowest BCUT2D eigenvalue weighted by Gasteiger charge is -2.21. The standard InChI is InChI=1S/C16H24N2O4/c1-16(2)14(20)18(15(21)17-16)5-6-22-13(19)9-12-8-10-3-4-11(12)7-10/h10-12H,3-9H2,1-2H3,(H,17,21)/t10-,11-,12-/m0/s1. The summed E-state index contributed by atoms with van der Waals surface area (Å²) in [6.45, 7) is 3.52. The zero-order valence-electron chi connectivity index (χ0n) is 13.3. The van der Waals surface area contributed by atoms with Crippen molar-refractivity contribution in [1.82, 2.24) is 10.2 Å². The van der Waals surface area contributed by atoms with Crippen molar-refractivity contribution in [3.8, 4) is 0 Å². The molecule has 6 nitrogen and oxygen atoms in total. The first-order valence-electron chi connectivity index (χ1n) is 8.16. The van der Waals surface area contributed by atoms with E-state index in [9.17, 15) is 14.4 Å². The fourth-order valence-electron chi connectivity index (χ4n) is 4.17. The van der Waals surface area contributed by atoms with Gasteiger partial charge in [0.25, 0.3) is 5.91 Å². The SMILES string of the molecule is CC1(C)NC(=O)N(CCOC(=O)C[C@@H]2C[C@H]3CC[C@H]2C3)C1=O. The second-order valence-electron chi connectivity index (χ2n) is 7.37. The number of hydrogen-bond donors (Lipinski definition) is 1. The number of hydrogen-bond acceptors (Lipinski definition) is 4. The minimum Gasteiger partial charge on any atom is -0.464 e. The molecule has 3 amide bonds. The van der Waals surface area contributed by atoms with E-state index in [0.29, 0.717) is 18.3 Å². The lowest BCUT2D eigenvalue weighted by Crippen LogP contribution is -2.40. The van der Waals surface area contributed by atoms with Crippen LogP contribution in [0.2, 0.25) is 0 Å². The molecule has 1 N–H and O–H groups in total. The molecule has 2 aliphatic carbocycles. The molecule has 1 saturated heterocycles. The summed E-state index contributed by atoms with van der Waals surface area (Å²) in [6.07, 6.45) is 5.47.